The number of thioether (sulfide) groups is 1. The third-order valence-corrected chi connectivity index (χ3v) is 3.89. The van der Waals surface area contributed by atoms with Gasteiger partial charge in [-0.05, 0) is 30.4 Å². The van der Waals surface area contributed by atoms with Crippen LogP contribution in [0.3, 0.4) is 0 Å². The van der Waals surface area contributed by atoms with Crippen molar-refractivity contribution in [2.24, 2.45) is 0 Å². The molecule has 17 heavy (non-hydrogen) atoms. The van der Waals surface area contributed by atoms with E-state index in [1.165, 1.54) is 0 Å². The van der Waals surface area contributed by atoms with Gasteiger partial charge in [-0.25, -0.2) is 0 Å². The van der Waals surface area contributed by atoms with E-state index in [0.29, 0.717) is 23.4 Å². The van der Waals surface area contributed by atoms with Gasteiger partial charge < -0.3 is 10.4 Å². The van der Waals surface area contributed by atoms with Crippen LogP contribution in [0.15, 0.2) is 24.3 Å². The topological polar surface area (TPSA) is 49.3 Å². The summed E-state index contributed by atoms with van der Waals surface area (Å²) in [6.07, 6.45) is 5.78. The first-order valence-corrected chi connectivity index (χ1v) is 6.48. The second kappa shape index (κ2) is 4.82. The molecule has 1 fully saturated rings. The molecule has 1 aliphatic rings. The van der Waals surface area contributed by atoms with Gasteiger partial charge in [-0.1, -0.05) is 12.0 Å². The highest BCUT2D eigenvalue weighted by Crippen LogP contribution is 2.29. The highest BCUT2D eigenvalue weighted by atomic mass is 32.2. The van der Waals surface area contributed by atoms with Gasteiger partial charge in [0.1, 0.15) is 0 Å². The molecule has 1 aromatic carbocycles. The predicted octanol–water partition coefficient (Wildman–Crippen LogP) is 1.47. The molecule has 1 aliphatic heterocycles. The van der Waals surface area contributed by atoms with Gasteiger partial charge in [0, 0.05) is 17.0 Å². The van der Waals surface area contributed by atoms with E-state index in [2.05, 4.69) is 11.2 Å². The van der Waals surface area contributed by atoms with Crippen LogP contribution in [0.4, 0.5) is 5.69 Å². The summed E-state index contributed by atoms with van der Waals surface area (Å²) in [4.78, 5) is 11.9. The van der Waals surface area contributed by atoms with E-state index in [4.69, 9.17) is 6.42 Å². The molecule has 0 spiro atoms. The van der Waals surface area contributed by atoms with Crippen molar-refractivity contribution < 1.29 is 9.90 Å². The normalized spacial score (nSPS) is 23.1. The first-order valence-electron chi connectivity index (χ1n) is 5.32. The molecule has 0 saturated carbocycles. The minimum Gasteiger partial charge on any atom is -0.379 e. The summed E-state index contributed by atoms with van der Waals surface area (Å²) in [5.41, 5.74) is 0.0861. The number of hydrogen-bond acceptors (Lipinski definition) is 3. The van der Waals surface area contributed by atoms with Crippen molar-refractivity contribution in [3.8, 4) is 12.3 Å². The number of carbonyl (C=O) groups is 1. The minimum atomic E-state index is -1.24. The van der Waals surface area contributed by atoms with Crippen LogP contribution in [-0.2, 0) is 4.79 Å². The summed E-state index contributed by atoms with van der Waals surface area (Å²) in [5.74, 6) is 3.42. The molecule has 0 bridgehead atoms. The Balaban J connectivity index is 2.10. The average molecular weight is 247 g/mol. The van der Waals surface area contributed by atoms with Crippen molar-refractivity contribution in [1.29, 1.82) is 0 Å². The highest BCUT2D eigenvalue weighted by Gasteiger charge is 2.39. The van der Waals surface area contributed by atoms with Crippen molar-refractivity contribution in [1.82, 2.24) is 0 Å². The maximum absolute atomic E-state index is 11.9. The Morgan fingerprint density at radius 1 is 1.59 bits per heavy atom. The molecule has 1 atom stereocenters. The van der Waals surface area contributed by atoms with E-state index >= 15 is 0 Å². The number of nitrogens with one attached hydrogen (secondary N) is 1. The zero-order valence-electron chi connectivity index (χ0n) is 9.27. The average Bonchev–Trinajstić information content (AvgIpc) is 2.78. The van der Waals surface area contributed by atoms with E-state index in [9.17, 15) is 9.90 Å². The van der Waals surface area contributed by atoms with Crippen molar-refractivity contribution in [3.63, 3.8) is 0 Å². The van der Waals surface area contributed by atoms with Gasteiger partial charge in [0.15, 0.2) is 5.60 Å². The molecule has 1 saturated heterocycles. The van der Waals surface area contributed by atoms with Crippen LogP contribution in [0, 0.1) is 12.3 Å². The van der Waals surface area contributed by atoms with Crippen LogP contribution in [0.5, 0.6) is 0 Å². The van der Waals surface area contributed by atoms with Crippen molar-refractivity contribution in [3.05, 3.63) is 29.8 Å². The minimum absolute atomic E-state index is 0.350. The predicted molar refractivity (Wildman–Crippen MR) is 69.9 cm³/mol. The maximum Gasteiger partial charge on any atom is 0.257 e. The first-order chi connectivity index (χ1) is 8.14. The van der Waals surface area contributed by atoms with Gasteiger partial charge in [-0.15, -0.1) is 6.42 Å². The zero-order valence-corrected chi connectivity index (χ0v) is 10.1. The van der Waals surface area contributed by atoms with E-state index in [-0.39, 0.29) is 5.91 Å². The number of hydrogen-bond donors (Lipinski definition) is 2. The first kappa shape index (κ1) is 12.0. The summed E-state index contributed by atoms with van der Waals surface area (Å²) >= 11 is 1.58. The van der Waals surface area contributed by atoms with Crippen molar-refractivity contribution in [2.45, 2.75) is 12.0 Å². The third-order valence-electron chi connectivity index (χ3n) is 2.71. The molecular formula is C13H13NO2S. The summed E-state index contributed by atoms with van der Waals surface area (Å²) in [7, 11) is 0. The summed E-state index contributed by atoms with van der Waals surface area (Å²) < 4.78 is 0. The number of carbonyl (C=O) groups excluding carboxylic acids is 1. The van der Waals surface area contributed by atoms with Crippen LogP contribution >= 0.6 is 11.8 Å². The smallest absolute Gasteiger partial charge is 0.257 e. The van der Waals surface area contributed by atoms with E-state index < -0.39 is 5.60 Å². The van der Waals surface area contributed by atoms with Crippen molar-refractivity contribution in [2.75, 3.05) is 16.8 Å². The Bertz CT molecular complexity index is 473. The molecular weight excluding hydrogens is 234 g/mol. The summed E-state index contributed by atoms with van der Waals surface area (Å²) in [6, 6.07) is 7.03. The molecule has 0 aromatic heterocycles. The van der Waals surface area contributed by atoms with Crippen LogP contribution in [0.2, 0.25) is 0 Å². The van der Waals surface area contributed by atoms with Crippen LogP contribution in [-0.4, -0.2) is 28.1 Å². The van der Waals surface area contributed by atoms with Gasteiger partial charge in [0.2, 0.25) is 0 Å². The fourth-order valence-corrected chi connectivity index (χ4v) is 2.91. The van der Waals surface area contributed by atoms with Gasteiger partial charge in [-0.3, -0.25) is 4.79 Å². The second-order valence-corrected chi connectivity index (χ2v) is 5.12. The SMILES string of the molecule is C#Cc1cccc(NC(=O)C2(O)CCSC2)c1. The molecule has 1 heterocycles. The van der Waals surface area contributed by atoms with Gasteiger partial charge >= 0.3 is 0 Å². The monoisotopic (exact) mass is 247 g/mol. The largest absolute Gasteiger partial charge is 0.379 e. The lowest BCUT2D eigenvalue weighted by molar-refractivity contribution is -0.131. The van der Waals surface area contributed by atoms with E-state index in [1.807, 2.05) is 0 Å². The number of aliphatic hydroxyl groups is 1. The molecule has 2 rings (SSSR count). The van der Waals surface area contributed by atoms with Gasteiger partial charge in [-0.2, -0.15) is 11.8 Å². The number of amides is 1. The second-order valence-electron chi connectivity index (χ2n) is 4.01. The quantitative estimate of drug-likeness (QED) is 0.778. The van der Waals surface area contributed by atoms with Crippen LogP contribution in [0.1, 0.15) is 12.0 Å². The molecule has 0 aliphatic carbocycles. The lowest BCUT2D eigenvalue weighted by Crippen LogP contribution is -2.42. The molecule has 0 radical (unpaired) electrons. The lowest BCUT2D eigenvalue weighted by Gasteiger charge is -2.20. The molecule has 4 heteroatoms. The summed E-state index contributed by atoms with van der Waals surface area (Å²) in [6.45, 7) is 0. The Morgan fingerprint density at radius 2 is 2.41 bits per heavy atom. The zero-order chi connectivity index (χ0) is 12.3. The van der Waals surface area contributed by atoms with E-state index in [1.54, 1.807) is 36.0 Å². The number of terminal acetylenes is 1. The third kappa shape index (κ3) is 2.63. The molecule has 1 aromatic rings. The fraction of sp³-hybridized carbons (Fsp3) is 0.308. The fourth-order valence-electron chi connectivity index (χ4n) is 1.67. The highest BCUT2D eigenvalue weighted by molar-refractivity contribution is 7.99. The van der Waals surface area contributed by atoms with Crippen LogP contribution in [0.25, 0.3) is 0 Å². The molecule has 1 unspecified atom stereocenters. The van der Waals surface area contributed by atoms with Crippen molar-refractivity contribution >= 4 is 23.4 Å². The number of anilines is 1. The Hall–Kier alpha value is -1.44. The standard InChI is InChI=1S/C13H13NO2S/c1-2-10-4-3-5-11(8-10)14-12(15)13(16)6-7-17-9-13/h1,3-5,8,16H,6-7,9H2,(H,14,15). The molecule has 1 amide bonds. The number of rotatable bonds is 2. The Labute approximate surface area is 105 Å². The molecule has 2 N–H and O–H groups in total. The maximum atomic E-state index is 11.9. The summed E-state index contributed by atoms with van der Waals surface area (Å²) in [5, 5.41) is 12.8. The van der Waals surface area contributed by atoms with Gasteiger partial charge in [0.05, 0.1) is 0 Å². The van der Waals surface area contributed by atoms with E-state index in [0.717, 1.165) is 5.75 Å². The molecule has 88 valence electrons. The van der Waals surface area contributed by atoms with Gasteiger partial charge in [0.25, 0.3) is 5.91 Å². The number of benzene rings is 1. The van der Waals surface area contributed by atoms with Crippen LogP contribution < -0.4 is 5.32 Å². The Morgan fingerprint density at radius 3 is 3.06 bits per heavy atom. The molecule has 3 nitrogen and oxygen atoms in total. The lowest BCUT2D eigenvalue weighted by atomic mass is 10.0. The Kier molecular flexibility index (Phi) is 3.41.